The first-order valence-corrected chi connectivity index (χ1v) is 7.61. The maximum absolute atomic E-state index is 10.6. The van der Waals surface area contributed by atoms with E-state index in [-0.39, 0.29) is 0 Å². The highest BCUT2D eigenvalue weighted by atomic mass is 16.5. The molecule has 3 rings (SSSR count). The fourth-order valence-electron chi connectivity index (χ4n) is 2.85. The van der Waals surface area contributed by atoms with E-state index in [2.05, 4.69) is 6.08 Å². The Morgan fingerprint density at radius 1 is 0.950 bits per heavy atom. The molecule has 20 heavy (non-hydrogen) atoms. The Morgan fingerprint density at radius 3 is 2.70 bits per heavy atom. The number of ether oxygens (including phenoxy) is 2. The molecule has 2 aliphatic rings. The van der Waals surface area contributed by atoms with E-state index in [0.717, 1.165) is 41.9 Å². The van der Waals surface area contributed by atoms with Gasteiger partial charge in [0.05, 0.1) is 13.2 Å². The predicted molar refractivity (Wildman–Crippen MR) is 78.2 cm³/mol. The zero-order chi connectivity index (χ0) is 13.8. The maximum Gasteiger partial charge on any atom is 0.161 e. The third-order valence-corrected chi connectivity index (χ3v) is 4.01. The number of hydrogen-bond donors (Lipinski definition) is 1. The number of aliphatic hydroxyl groups excluding tert-OH is 1. The van der Waals surface area contributed by atoms with E-state index in [1.807, 2.05) is 18.2 Å². The highest BCUT2D eigenvalue weighted by Gasteiger charge is 2.18. The lowest BCUT2D eigenvalue weighted by Gasteiger charge is -2.16. The summed E-state index contributed by atoms with van der Waals surface area (Å²) < 4.78 is 11.3. The van der Waals surface area contributed by atoms with Crippen LogP contribution >= 0.6 is 0 Å². The van der Waals surface area contributed by atoms with Gasteiger partial charge in [-0.2, -0.15) is 0 Å². The Hall–Kier alpha value is -1.48. The normalized spacial score (nSPS) is 20.6. The first-order chi connectivity index (χ1) is 9.84. The summed E-state index contributed by atoms with van der Waals surface area (Å²) in [6.07, 6.45) is 8.34. The molecule has 1 unspecified atom stereocenters. The molecule has 1 N–H and O–H groups in total. The summed E-state index contributed by atoms with van der Waals surface area (Å²) in [6.45, 7) is 1.37. The third-order valence-electron chi connectivity index (χ3n) is 4.01. The van der Waals surface area contributed by atoms with Crippen LogP contribution in [0.15, 0.2) is 29.8 Å². The summed E-state index contributed by atoms with van der Waals surface area (Å²) in [4.78, 5) is 0. The van der Waals surface area contributed by atoms with Crippen LogP contribution in [0.2, 0.25) is 0 Å². The molecule has 0 spiro atoms. The van der Waals surface area contributed by atoms with Crippen LogP contribution in [0, 0.1) is 0 Å². The van der Waals surface area contributed by atoms with Crippen LogP contribution in [0.3, 0.4) is 0 Å². The van der Waals surface area contributed by atoms with Gasteiger partial charge < -0.3 is 14.6 Å². The fourth-order valence-corrected chi connectivity index (χ4v) is 2.85. The minimum Gasteiger partial charge on any atom is -0.490 e. The number of allylic oxidation sites excluding steroid dienone is 1. The smallest absolute Gasteiger partial charge is 0.161 e. The SMILES string of the molecule is OC(C1=CCCCCC1)c1ccc2c(c1)OCCCO2. The van der Waals surface area contributed by atoms with Gasteiger partial charge in [0.2, 0.25) is 0 Å². The fraction of sp³-hybridized carbons (Fsp3) is 0.529. The van der Waals surface area contributed by atoms with Crippen molar-refractivity contribution in [1.29, 1.82) is 0 Å². The van der Waals surface area contributed by atoms with Crippen LogP contribution in [0.4, 0.5) is 0 Å². The summed E-state index contributed by atoms with van der Waals surface area (Å²) in [5.41, 5.74) is 2.05. The number of aliphatic hydroxyl groups is 1. The lowest BCUT2D eigenvalue weighted by molar-refractivity contribution is 0.210. The van der Waals surface area contributed by atoms with Crippen LogP contribution in [-0.4, -0.2) is 18.3 Å². The summed E-state index contributed by atoms with van der Waals surface area (Å²) >= 11 is 0. The van der Waals surface area contributed by atoms with Crippen LogP contribution < -0.4 is 9.47 Å². The monoisotopic (exact) mass is 274 g/mol. The van der Waals surface area contributed by atoms with Gasteiger partial charge in [-0.15, -0.1) is 0 Å². The van der Waals surface area contributed by atoms with Crippen LogP contribution in [0.25, 0.3) is 0 Å². The largest absolute Gasteiger partial charge is 0.490 e. The van der Waals surface area contributed by atoms with Crippen molar-refractivity contribution < 1.29 is 14.6 Å². The van der Waals surface area contributed by atoms with Crippen molar-refractivity contribution in [3.05, 3.63) is 35.4 Å². The molecule has 108 valence electrons. The highest BCUT2D eigenvalue weighted by Crippen LogP contribution is 2.35. The quantitative estimate of drug-likeness (QED) is 0.834. The molecule has 0 saturated heterocycles. The second kappa shape index (κ2) is 6.31. The Labute approximate surface area is 120 Å². The van der Waals surface area contributed by atoms with Gasteiger partial charge >= 0.3 is 0 Å². The molecule has 3 nitrogen and oxygen atoms in total. The van der Waals surface area contributed by atoms with Gasteiger partial charge in [0.25, 0.3) is 0 Å². The zero-order valence-electron chi connectivity index (χ0n) is 11.8. The molecule has 1 aliphatic carbocycles. The first kappa shape index (κ1) is 13.5. The number of fused-ring (bicyclic) bond motifs is 1. The van der Waals surface area contributed by atoms with E-state index in [1.54, 1.807) is 0 Å². The summed E-state index contributed by atoms with van der Waals surface area (Å²) in [5.74, 6) is 1.54. The van der Waals surface area contributed by atoms with Gasteiger partial charge in [0.1, 0.15) is 6.10 Å². The Morgan fingerprint density at radius 2 is 1.80 bits per heavy atom. The molecular weight excluding hydrogens is 252 g/mol. The average molecular weight is 274 g/mol. The molecule has 0 bridgehead atoms. The van der Waals surface area contributed by atoms with Crippen molar-refractivity contribution in [2.24, 2.45) is 0 Å². The van der Waals surface area contributed by atoms with Crippen molar-refractivity contribution in [1.82, 2.24) is 0 Å². The Balaban J connectivity index is 1.82. The lowest BCUT2D eigenvalue weighted by Crippen LogP contribution is -2.02. The van der Waals surface area contributed by atoms with Gasteiger partial charge in [-0.05, 0) is 49.0 Å². The Kier molecular flexibility index (Phi) is 4.26. The lowest BCUT2D eigenvalue weighted by atomic mass is 9.97. The van der Waals surface area contributed by atoms with Crippen molar-refractivity contribution >= 4 is 0 Å². The summed E-state index contributed by atoms with van der Waals surface area (Å²) in [6, 6.07) is 5.79. The zero-order valence-corrected chi connectivity index (χ0v) is 11.8. The predicted octanol–water partition coefficient (Wildman–Crippen LogP) is 3.77. The van der Waals surface area contributed by atoms with E-state index in [9.17, 15) is 5.11 Å². The molecule has 1 heterocycles. The van der Waals surface area contributed by atoms with Crippen molar-refractivity contribution in [3.63, 3.8) is 0 Å². The molecule has 1 aliphatic heterocycles. The van der Waals surface area contributed by atoms with Gasteiger partial charge in [0.15, 0.2) is 11.5 Å². The Bertz CT molecular complexity index is 493. The number of hydrogen-bond acceptors (Lipinski definition) is 3. The van der Waals surface area contributed by atoms with Gasteiger partial charge in [-0.25, -0.2) is 0 Å². The van der Waals surface area contributed by atoms with Gasteiger partial charge in [-0.3, -0.25) is 0 Å². The molecule has 0 saturated carbocycles. The van der Waals surface area contributed by atoms with Crippen molar-refractivity contribution in [2.45, 2.75) is 44.6 Å². The number of benzene rings is 1. The van der Waals surface area contributed by atoms with E-state index < -0.39 is 6.10 Å². The molecule has 1 aromatic rings. The molecular formula is C17H22O3. The molecule has 3 heteroatoms. The molecule has 0 fully saturated rings. The maximum atomic E-state index is 10.6. The van der Waals surface area contributed by atoms with E-state index in [0.29, 0.717) is 13.2 Å². The minimum atomic E-state index is -0.509. The molecule has 0 radical (unpaired) electrons. The van der Waals surface area contributed by atoms with E-state index >= 15 is 0 Å². The van der Waals surface area contributed by atoms with Crippen molar-refractivity contribution in [3.8, 4) is 11.5 Å². The molecule has 1 atom stereocenters. The molecule has 1 aromatic carbocycles. The second-order valence-corrected chi connectivity index (χ2v) is 5.54. The van der Waals surface area contributed by atoms with Gasteiger partial charge in [0, 0.05) is 6.42 Å². The van der Waals surface area contributed by atoms with Crippen molar-refractivity contribution in [2.75, 3.05) is 13.2 Å². The third kappa shape index (κ3) is 2.98. The number of rotatable bonds is 2. The minimum absolute atomic E-state index is 0.509. The highest BCUT2D eigenvalue weighted by molar-refractivity contribution is 5.45. The molecule has 0 amide bonds. The summed E-state index contributed by atoms with van der Waals surface area (Å²) in [7, 11) is 0. The average Bonchev–Trinajstić information content (AvgIpc) is 2.88. The van der Waals surface area contributed by atoms with E-state index in [1.165, 1.54) is 19.3 Å². The van der Waals surface area contributed by atoms with Crippen LogP contribution in [0.1, 0.15) is 50.2 Å². The van der Waals surface area contributed by atoms with E-state index in [4.69, 9.17) is 9.47 Å². The van der Waals surface area contributed by atoms with Gasteiger partial charge in [-0.1, -0.05) is 18.6 Å². The standard InChI is InChI=1S/C17H22O3/c18-17(13-6-3-1-2-4-7-13)14-8-9-15-16(12-14)20-11-5-10-19-15/h6,8-9,12,17-18H,1-5,7,10-11H2. The topological polar surface area (TPSA) is 38.7 Å². The first-order valence-electron chi connectivity index (χ1n) is 7.61. The van der Waals surface area contributed by atoms with Crippen LogP contribution in [0.5, 0.6) is 11.5 Å². The summed E-state index contributed by atoms with van der Waals surface area (Å²) in [5, 5.41) is 10.6. The van der Waals surface area contributed by atoms with Crippen LogP contribution in [-0.2, 0) is 0 Å². The second-order valence-electron chi connectivity index (χ2n) is 5.54. The molecule has 0 aromatic heterocycles.